The number of nitrogens with two attached hydrogens (primary N) is 1. The highest BCUT2D eigenvalue weighted by Crippen LogP contribution is 1.89. The van der Waals surface area contributed by atoms with Gasteiger partial charge in [0.05, 0.1) is 159 Å². The van der Waals surface area contributed by atoms with Crippen LogP contribution >= 0.6 is 0 Å². The Bertz CT molecular complexity index is 482. The van der Waals surface area contributed by atoms with E-state index in [1.807, 2.05) is 0 Å². The van der Waals surface area contributed by atoms with Crippen LogP contribution in [-0.4, -0.2) is 182 Å². The van der Waals surface area contributed by atoms with Gasteiger partial charge in [0.2, 0.25) is 0 Å². The van der Waals surface area contributed by atoms with Crippen molar-refractivity contribution in [2.45, 2.75) is 12.7 Å². The van der Waals surface area contributed by atoms with Crippen LogP contribution in [0.25, 0.3) is 0 Å². The summed E-state index contributed by atoms with van der Waals surface area (Å²) in [5, 5.41) is 17.3. The molecule has 0 fully saturated rings. The van der Waals surface area contributed by atoms with E-state index in [9.17, 15) is 0 Å². The molecule has 0 heterocycles. The number of ether oxygens (including phenoxy) is 12. The summed E-state index contributed by atoms with van der Waals surface area (Å²) in [6.07, 6.45) is -1.14. The van der Waals surface area contributed by atoms with Gasteiger partial charge in [0.25, 0.3) is 0 Å². The molecule has 0 rings (SSSR count). The fourth-order valence-corrected chi connectivity index (χ4v) is 2.79. The fourth-order valence-electron chi connectivity index (χ4n) is 2.79. The fraction of sp³-hybridized carbons (Fsp3) is 1.00. The molecule has 42 heavy (non-hydrogen) atoms. The van der Waals surface area contributed by atoms with Crippen LogP contribution in [0.5, 0.6) is 0 Å². The lowest BCUT2D eigenvalue weighted by molar-refractivity contribution is -0.0655. The molecule has 0 unspecified atom stereocenters. The van der Waals surface area contributed by atoms with E-state index < -0.39 is 6.29 Å². The standard InChI is InChI=1S/C27H57NO14/c28-2-4-32-6-8-34-10-12-36-14-16-38-18-20-40-22-24-42-26-25-41-23-21-39-19-17-37-15-13-35-11-9-33-7-5-31-3-1-27(29)30/h27,29-30H,1-26,28H2. The molecule has 0 aromatic heterocycles. The first-order chi connectivity index (χ1) is 20.8. The average Bonchev–Trinajstić information content (AvgIpc) is 2.98. The summed E-state index contributed by atoms with van der Waals surface area (Å²) in [6.45, 7) is 12.3. The van der Waals surface area contributed by atoms with E-state index in [0.29, 0.717) is 165 Å². The summed E-state index contributed by atoms with van der Waals surface area (Å²) < 4.78 is 64.5. The Morgan fingerprint density at radius 3 is 0.619 bits per heavy atom. The van der Waals surface area contributed by atoms with Crippen molar-refractivity contribution in [3.05, 3.63) is 0 Å². The van der Waals surface area contributed by atoms with Gasteiger partial charge in [0.1, 0.15) is 0 Å². The van der Waals surface area contributed by atoms with Gasteiger partial charge >= 0.3 is 0 Å². The van der Waals surface area contributed by atoms with Crippen molar-refractivity contribution in [3.63, 3.8) is 0 Å². The van der Waals surface area contributed by atoms with Crippen molar-refractivity contribution < 1.29 is 67.1 Å². The molecule has 15 nitrogen and oxygen atoms in total. The Kier molecular flexibility index (Phi) is 37.9. The smallest absolute Gasteiger partial charge is 0.153 e. The van der Waals surface area contributed by atoms with Crippen LogP contribution in [0.4, 0.5) is 0 Å². The van der Waals surface area contributed by atoms with Crippen LogP contribution in [0.1, 0.15) is 6.42 Å². The van der Waals surface area contributed by atoms with Crippen molar-refractivity contribution in [2.75, 3.05) is 165 Å². The third-order valence-electron chi connectivity index (χ3n) is 4.87. The van der Waals surface area contributed by atoms with Crippen LogP contribution in [0.15, 0.2) is 0 Å². The summed E-state index contributed by atoms with van der Waals surface area (Å²) in [5.74, 6) is 0. The van der Waals surface area contributed by atoms with E-state index in [-0.39, 0.29) is 6.42 Å². The highest BCUT2D eigenvalue weighted by Gasteiger charge is 1.98. The van der Waals surface area contributed by atoms with Crippen LogP contribution in [0.3, 0.4) is 0 Å². The minimum Gasteiger partial charge on any atom is -0.379 e. The quantitative estimate of drug-likeness (QED) is 0.0557. The van der Waals surface area contributed by atoms with Crippen molar-refractivity contribution in [1.29, 1.82) is 0 Å². The van der Waals surface area contributed by atoms with Crippen LogP contribution < -0.4 is 5.73 Å². The van der Waals surface area contributed by atoms with Crippen LogP contribution in [0, 0.1) is 0 Å². The zero-order valence-corrected chi connectivity index (χ0v) is 25.3. The zero-order chi connectivity index (χ0) is 30.4. The molecule has 0 aromatic rings. The maximum absolute atomic E-state index is 8.67. The molecule has 0 aromatic carbocycles. The molecule has 15 heteroatoms. The minimum absolute atomic E-state index is 0.192. The molecule has 0 aliphatic carbocycles. The van der Waals surface area contributed by atoms with Gasteiger partial charge < -0.3 is 72.8 Å². The SMILES string of the molecule is NCCOCCOCCOCCOCCOCCOCCOCCOCCOCCOCCOCCOCCC(O)O. The maximum atomic E-state index is 8.67. The first-order valence-corrected chi connectivity index (χ1v) is 14.8. The molecule has 0 bridgehead atoms. The van der Waals surface area contributed by atoms with Crippen molar-refractivity contribution in [3.8, 4) is 0 Å². The summed E-state index contributed by atoms with van der Waals surface area (Å²) >= 11 is 0. The summed E-state index contributed by atoms with van der Waals surface area (Å²) in [5.41, 5.74) is 5.32. The molecule has 0 atom stereocenters. The molecule has 0 aliphatic heterocycles. The molecular formula is C27H57NO14. The van der Waals surface area contributed by atoms with Crippen molar-refractivity contribution in [2.24, 2.45) is 5.73 Å². The maximum Gasteiger partial charge on any atom is 0.153 e. The molecule has 0 amide bonds. The number of hydrogen-bond donors (Lipinski definition) is 3. The Morgan fingerprint density at radius 1 is 0.286 bits per heavy atom. The van der Waals surface area contributed by atoms with Gasteiger partial charge in [-0.3, -0.25) is 0 Å². The molecule has 0 saturated carbocycles. The minimum atomic E-state index is -1.33. The number of rotatable bonds is 38. The van der Waals surface area contributed by atoms with Gasteiger partial charge in [-0.25, -0.2) is 0 Å². The van der Waals surface area contributed by atoms with Crippen molar-refractivity contribution in [1.82, 2.24) is 0 Å². The van der Waals surface area contributed by atoms with E-state index in [0.717, 1.165) is 0 Å². The monoisotopic (exact) mass is 619 g/mol. The summed E-state index contributed by atoms with van der Waals surface area (Å²) in [6, 6.07) is 0. The van der Waals surface area contributed by atoms with Gasteiger partial charge in [-0.15, -0.1) is 0 Å². The second-order valence-corrected chi connectivity index (χ2v) is 8.41. The van der Waals surface area contributed by atoms with E-state index in [1.165, 1.54) is 0 Å². The third-order valence-corrected chi connectivity index (χ3v) is 4.87. The molecule has 0 radical (unpaired) electrons. The average molecular weight is 620 g/mol. The molecule has 0 saturated heterocycles. The second kappa shape index (κ2) is 38.4. The van der Waals surface area contributed by atoms with Crippen LogP contribution in [0.2, 0.25) is 0 Å². The van der Waals surface area contributed by atoms with Gasteiger partial charge in [0, 0.05) is 13.0 Å². The number of aliphatic hydroxyl groups is 2. The topological polar surface area (TPSA) is 177 Å². The van der Waals surface area contributed by atoms with E-state index in [1.54, 1.807) is 0 Å². The van der Waals surface area contributed by atoms with Crippen molar-refractivity contribution >= 4 is 0 Å². The number of hydrogen-bond acceptors (Lipinski definition) is 15. The normalized spacial score (nSPS) is 11.7. The Hall–Kier alpha value is -0.600. The van der Waals surface area contributed by atoms with E-state index in [4.69, 9.17) is 72.8 Å². The van der Waals surface area contributed by atoms with Crippen LogP contribution in [-0.2, 0) is 56.8 Å². The predicted octanol–water partition coefficient (Wildman–Crippen LogP) is -1.15. The zero-order valence-electron chi connectivity index (χ0n) is 25.3. The first kappa shape index (κ1) is 41.4. The molecule has 4 N–H and O–H groups in total. The lowest BCUT2D eigenvalue weighted by atomic mass is 10.4. The van der Waals surface area contributed by atoms with Gasteiger partial charge in [-0.2, -0.15) is 0 Å². The molecule has 254 valence electrons. The summed E-state index contributed by atoms with van der Waals surface area (Å²) in [7, 11) is 0. The lowest BCUT2D eigenvalue weighted by Crippen LogP contribution is -2.16. The molecule has 0 spiro atoms. The first-order valence-electron chi connectivity index (χ1n) is 14.8. The lowest BCUT2D eigenvalue weighted by Gasteiger charge is -2.09. The number of aliphatic hydroxyl groups excluding tert-OH is 1. The van der Waals surface area contributed by atoms with Gasteiger partial charge in [0.15, 0.2) is 6.29 Å². The largest absolute Gasteiger partial charge is 0.379 e. The van der Waals surface area contributed by atoms with E-state index >= 15 is 0 Å². The second-order valence-electron chi connectivity index (χ2n) is 8.41. The van der Waals surface area contributed by atoms with Gasteiger partial charge in [-0.1, -0.05) is 0 Å². The Balaban J connectivity index is 3.03. The van der Waals surface area contributed by atoms with Gasteiger partial charge in [-0.05, 0) is 0 Å². The molecular weight excluding hydrogens is 562 g/mol. The Labute approximate surface area is 251 Å². The Morgan fingerprint density at radius 2 is 0.452 bits per heavy atom. The highest BCUT2D eigenvalue weighted by molar-refractivity contribution is 4.40. The summed E-state index contributed by atoms with van der Waals surface area (Å²) in [4.78, 5) is 0. The van der Waals surface area contributed by atoms with E-state index in [2.05, 4.69) is 0 Å². The third kappa shape index (κ3) is 39.4. The highest BCUT2D eigenvalue weighted by atomic mass is 16.6. The molecule has 0 aliphatic rings. The predicted molar refractivity (Wildman–Crippen MR) is 152 cm³/mol.